The van der Waals surface area contributed by atoms with Gasteiger partial charge in [0.15, 0.2) is 0 Å². The van der Waals surface area contributed by atoms with Crippen LogP contribution in [-0.2, 0) is 0 Å². The number of aliphatic hydroxyl groups excluding tert-OH is 1. The highest BCUT2D eigenvalue weighted by molar-refractivity contribution is 6.32. The molecule has 4 nitrogen and oxygen atoms in total. The first-order chi connectivity index (χ1) is 8.31. The molecule has 1 atom stereocenters. The van der Waals surface area contributed by atoms with Gasteiger partial charge in [0, 0.05) is 0 Å². The summed E-state index contributed by atoms with van der Waals surface area (Å²) in [6.45, 7) is -0.0374. The van der Waals surface area contributed by atoms with Gasteiger partial charge in [0.1, 0.15) is 17.2 Å². The van der Waals surface area contributed by atoms with Crippen LogP contribution in [0.4, 0.5) is 5.82 Å². The van der Waals surface area contributed by atoms with Crippen molar-refractivity contribution in [1.82, 2.24) is 9.97 Å². The Balaban J connectivity index is 2.19. The Morgan fingerprint density at radius 2 is 2.06 bits per heavy atom. The molecule has 1 heterocycles. The predicted molar refractivity (Wildman–Crippen MR) is 66.9 cm³/mol. The topological polar surface area (TPSA) is 58.0 Å². The van der Waals surface area contributed by atoms with Gasteiger partial charge in [-0.05, 0) is 5.56 Å². The molecule has 88 valence electrons. The Hall–Kier alpha value is -1.65. The van der Waals surface area contributed by atoms with Crippen molar-refractivity contribution < 1.29 is 5.11 Å². The van der Waals surface area contributed by atoms with Crippen molar-refractivity contribution in [2.45, 2.75) is 6.04 Å². The van der Waals surface area contributed by atoms with Crippen LogP contribution in [0.15, 0.2) is 42.9 Å². The summed E-state index contributed by atoms with van der Waals surface area (Å²) in [6, 6.07) is 9.40. The van der Waals surface area contributed by atoms with Gasteiger partial charge in [-0.1, -0.05) is 41.9 Å². The maximum atomic E-state index is 9.38. The molecule has 1 unspecified atom stereocenters. The van der Waals surface area contributed by atoms with E-state index in [-0.39, 0.29) is 12.6 Å². The third-order valence-corrected chi connectivity index (χ3v) is 2.64. The normalized spacial score (nSPS) is 12.1. The number of aliphatic hydroxyl groups is 1. The van der Waals surface area contributed by atoms with Crippen LogP contribution in [0.5, 0.6) is 0 Å². The van der Waals surface area contributed by atoms with Crippen LogP contribution in [0, 0.1) is 0 Å². The predicted octanol–water partition coefficient (Wildman–Crippen LogP) is 2.28. The monoisotopic (exact) mass is 249 g/mol. The number of hydrogen-bond donors (Lipinski definition) is 2. The van der Waals surface area contributed by atoms with Crippen LogP contribution in [0.25, 0.3) is 0 Å². The van der Waals surface area contributed by atoms with Crippen LogP contribution < -0.4 is 5.32 Å². The molecule has 0 radical (unpaired) electrons. The van der Waals surface area contributed by atoms with E-state index in [1.807, 2.05) is 30.3 Å². The van der Waals surface area contributed by atoms with Gasteiger partial charge in [0.25, 0.3) is 0 Å². The number of benzene rings is 1. The lowest BCUT2D eigenvalue weighted by Crippen LogP contribution is -2.15. The zero-order valence-electron chi connectivity index (χ0n) is 9.05. The summed E-state index contributed by atoms with van der Waals surface area (Å²) in [6.07, 6.45) is 2.92. The van der Waals surface area contributed by atoms with Gasteiger partial charge in [-0.3, -0.25) is 0 Å². The van der Waals surface area contributed by atoms with Crippen molar-refractivity contribution in [2.75, 3.05) is 11.9 Å². The van der Waals surface area contributed by atoms with Gasteiger partial charge in [-0.2, -0.15) is 0 Å². The van der Waals surface area contributed by atoms with E-state index in [0.717, 1.165) is 5.56 Å². The molecule has 1 aromatic carbocycles. The van der Waals surface area contributed by atoms with Crippen molar-refractivity contribution in [3.8, 4) is 0 Å². The van der Waals surface area contributed by atoms with E-state index in [9.17, 15) is 5.11 Å². The second-order valence-electron chi connectivity index (χ2n) is 3.51. The third kappa shape index (κ3) is 2.93. The number of nitrogens with one attached hydrogen (secondary N) is 1. The summed E-state index contributed by atoms with van der Waals surface area (Å²) in [5.74, 6) is 0.518. The van der Waals surface area contributed by atoms with E-state index >= 15 is 0 Å². The molecule has 17 heavy (non-hydrogen) atoms. The quantitative estimate of drug-likeness (QED) is 0.873. The zero-order chi connectivity index (χ0) is 12.1. The van der Waals surface area contributed by atoms with Crippen LogP contribution in [-0.4, -0.2) is 21.7 Å². The highest BCUT2D eigenvalue weighted by Crippen LogP contribution is 2.22. The third-order valence-electron chi connectivity index (χ3n) is 2.36. The fourth-order valence-corrected chi connectivity index (χ4v) is 1.66. The molecule has 2 rings (SSSR count). The van der Waals surface area contributed by atoms with E-state index in [0.29, 0.717) is 10.8 Å². The minimum Gasteiger partial charge on any atom is -0.394 e. The Kier molecular flexibility index (Phi) is 3.90. The first-order valence-corrected chi connectivity index (χ1v) is 5.57. The fraction of sp³-hybridized carbons (Fsp3) is 0.167. The minimum atomic E-state index is -0.233. The number of anilines is 1. The second kappa shape index (κ2) is 5.61. The molecule has 0 spiro atoms. The number of hydrogen-bond acceptors (Lipinski definition) is 4. The van der Waals surface area contributed by atoms with Crippen LogP contribution in [0.2, 0.25) is 5.02 Å². The van der Waals surface area contributed by atoms with Gasteiger partial charge in [0.2, 0.25) is 0 Å². The van der Waals surface area contributed by atoms with Crippen molar-refractivity contribution in [2.24, 2.45) is 0 Å². The molecular weight excluding hydrogens is 238 g/mol. The van der Waals surface area contributed by atoms with Gasteiger partial charge >= 0.3 is 0 Å². The van der Waals surface area contributed by atoms with Gasteiger partial charge in [0.05, 0.1) is 18.8 Å². The number of halogens is 1. The Morgan fingerprint density at radius 3 is 2.71 bits per heavy atom. The Bertz CT molecular complexity index is 478. The molecule has 0 aliphatic carbocycles. The van der Waals surface area contributed by atoms with Crippen molar-refractivity contribution in [3.05, 3.63) is 53.4 Å². The highest BCUT2D eigenvalue weighted by Gasteiger charge is 2.11. The highest BCUT2D eigenvalue weighted by atomic mass is 35.5. The van der Waals surface area contributed by atoms with E-state index < -0.39 is 0 Å². The molecular formula is C12H12ClN3O. The molecule has 0 saturated carbocycles. The van der Waals surface area contributed by atoms with Crippen LogP contribution >= 0.6 is 11.6 Å². The summed E-state index contributed by atoms with van der Waals surface area (Å²) in [4.78, 5) is 7.83. The molecule has 0 bridgehead atoms. The largest absolute Gasteiger partial charge is 0.394 e. The standard InChI is InChI=1S/C12H12ClN3O/c13-10-6-14-8-15-12(10)16-11(7-17)9-4-2-1-3-5-9/h1-6,8,11,17H,7H2,(H,14,15,16). The van der Waals surface area contributed by atoms with Crippen molar-refractivity contribution >= 4 is 17.4 Å². The van der Waals surface area contributed by atoms with E-state index in [4.69, 9.17) is 11.6 Å². The molecule has 0 fully saturated rings. The van der Waals surface area contributed by atoms with Gasteiger partial charge in [-0.25, -0.2) is 9.97 Å². The molecule has 0 amide bonds. The molecule has 0 aliphatic heterocycles. The molecule has 0 aliphatic rings. The average molecular weight is 250 g/mol. The van der Waals surface area contributed by atoms with Crippen molar-refractivity contribution in [3.63, 3.8) is 0 Å². The number of rotatable bonds is 4. The SMILES string of the molecule is OCC(Nc1ncncc1Cl)c1ccccc1. The Morgan fingerprint density at radius 1 is 1.29 bits per heavy atom. The molecule has 2 N–H and O–H groups in total. The number of nitrogens with zero attached hydrogens (tertiary/aromatic N) is 2. The fourth-order valence-electron chi connectivity index (χ4n) is 1.50. The van der Waals surface area contributed by atoms with Crippen LogP contribution in [0.3, 0.4) is 0 Å². The molecule has 1 aromatic heterocycles. The first-order valence-electron chi connectivity index (χ1n) is 5.19. The lowest BCUT2D eigenvalue weighted by Gasteiger charge is -2.17. The number of aromatic nitrogens is 2. The smallest absolute Gasteiger partial charge is 0.148 e. The van der Waals surface area contributed by atoms with E-state index in [2.05, 4.69) is 15.3 Å². The van der Waals surface area contributed by atoms with Crippen molar-refractivity contribution in [1.29, 1.82) is 0 Å². The average Bonchev–Trinajstić information content (AvgIpc) is 2.39. The summed E-state index contributed by atoms with van der Waals surface area (Å²) in [7, 11) is 0. The Labute approximate surface area is 104 Å². The maximum Gasteiger partial charge on any atom is 0.148 e. The second-order valence-corrected chi connectivity index (χ2v) is 3.92. The summed E-state index contributed by atoms with van der Waals surface area (Å²) in [5, 5.41) is 12.9. The zero-order valence-corrected chi connectivity index (χ0v) is 9.80. The van der Waals surface area contributed by atoms with Crippen LogP contribution in [0.1, 0.15) is 11.6 Å². The molecule has 5 heteroatoms. The first kappa shape index (κ1) is 11.8. The van der Waals surface area contributed by atoms with Gasteiger partial charge in [-0.15, -0.1) is 0 Å². The lowest BCUT2D eigenvalue weighted by atomic mass is 10.1. The molecule has 2 aromatic rings. The van der Waals surface area contributed by atoms with E-state index in [1.54, 1.807) is 0 Å². The summed E-state index contributed by atoms with van der Waals surface area (Å²) in [5.41, 5.74) is 0.977. The molecule has 0 saturated heterocycles. The lowest BCUT2D eigenvalue weighted by molar-refractivity contribution is 0.276. The minimum absolute atomic E-state index is 0.0374. The van der Waals surface area contributed by atoms with E-state index in [1.165, 1.54) is 12.5 Å². The summed E-state index contributed by atoms with van der Waals surface area (Å²) >= 11 is 5.94. The van der Waals surface area contributed by atoms with Gasteiger partial charge < -0.3 is 10.4 Å². The maximum absolute atomic E-state index is 9.38. The summed E-state index contributed by atoms with van der Waals surface area (Å²) < 4.78 is 0.